The van der Waals surface area contributed by atoms with E-state index in [2.05, 4.69) is 28.5 Å². The molecule has 0 N–H and O–H groups in total. The molecule has 0 aliphatic carbocycles. The van der Waals surface area contributed by atoms with Gasteiger partial charge in [-0.3, -0.25) is 9.69 Å². The molecule has 0 bridgehead atoms. The van der Waals surface area contributed by atoms with Gasteiger partial charge >= 0.3 is 5.97 Å². The number of hydrogen-bond acceptors (Lipinski definition) is 4. The van der Waals surface area contributed by atoms with Crippen molar-refractivity contribution in [3.8, 4) is 0 Å². The van der Waals surface area contributed by atoms with Crippen LogP contribution in [0.3, 0.4) is 0 Å². The summed E-state index contributed by atoms with van der Waals surface area (Å²) in [5.41, 5.74) is 3.30. The van der Waals surface area contributed by atoms with Gasteiger partial charge in [-0.2, -0.15) is 0 Å². The Labute approximate surface area is 124 Å². The normalized spacial score (nSPS) is 17.2. The zero-order chi connectivity index (χ0) is 14.8. The number of carbonyl (C=O) groups excluding carboxylic acids is 1. The number of imidazole rings is 1. The van der Waals surface area contributed by atoms with Crippen LogP contribution in [0.15, 0.2) is 24.5 Å². The fraction of sp³-hybridized carbons (Fsp3) is 0.500. The minimum absolute atomic E-state index is 0.0644. The average molecular weight is 287 g/mol. The Morgan fingerprint density at radius 3 is 2.86 bits per heavy atom. The number of fused-ring (bicyclic) bond motifs is 1. The van der Waals surface area contributed by atoms with Gasteiger partial charge in [0.1, 0.15) is 5.65 Å². The first-order valence-electron chi connectivity index (χ1n) is 7.41. The van der Waals surface area contributed by atoms with E-state index in [-0.39, 0.29) is 11.9 Å². The summed E-state index contributed by atoms with van der Waals surface area (Å²) in [7, 11) is 1.47. The average Bonchev–Trinajstić information content (AvgIpc) is 2.91. The van der Waals surface area contributed by atoms with Crippen LogP contribution in [-0.4, -0.2) is 40.5 Å². The number of esters is 1. The lowest BCUT2D eigenvalue weighted by atomic mass is 9.97. The van der Waals surface area contributed by atoms with Crippen LogP contribution in [0.1, 0.15) is 24.1 Å². The van der Waals surface area contributed by atoms with Gasteiger partial charge in [-0.25, -0.2) is 4.98 Å². The smallest absolute Gasteiger partial charge is 0.308 e. The summed E-state index contributed by atoms with van der Waals surface area (Å²) in [6, 6.07) is 4.11. The highest BCUT2D eigenvalue weighted by molar-refractivity contribution is 5.72. The van der Waals surface area contributed by atoms with E-state index < -0.39 is 0 Å². The van der Waals surface area contributed by atoms with Crippen molar-refractivity contribution in [3.05, 3.63) is 35.8 Å². The van der Waals surface area contributed by atoms with Crippen LogP contribution >= 0.6 is 0 Å². The SMILES string of the molecule is COC(=O)C1CCN(Cc2cn3cccc(C)c3n2)CC1. The first-order chi connectivity index (χ1) is 10.2. The van der Waals surface area contributed by atoms with Gasteiger partial charge in [0.25, 0.3) is 0 Å². The van der Waals surface area contributed by atoms with Crippen LogP contribution in [-0.2, 0) is 16.1 Å². The van der Waals surface area contributed by atoms with E-state index in [1.54, 1.807) is 0 Å². The Balaban J connectivity index is 1.64. The number of nitrogens with zero attached hydrogens (tertiary/aromatic N) is 3. The van der Waals surface area contributed by atoms with E-state index in [4.69, 9.17) is 9.72 Å². The first kappa shape index (κ1) is 14.1. The molecule has 0 radical (unpaired) electrons. The van der Waals surface area contributed by atoms with Gasteiger partial charge in [-0.05, 0) is 44.5 Å². The third-order valence-electron chi connectivity index (χ3n) is 4.24. The van der Waals surface area contributed by atoms with Crippen molar-refractivity contribution in [2.45, 2.75) is 26.3 Å². The quantitative estimate of drug-likeness (QED) is 0.810. The highest BCUT2D eigenvalue weighted by atomic mass is 16.5. The molecular formula is C16H21N3O2. The molecular weight excluding hydrogens is 266 g/mol. The number of hydrogen-bond donors (Lipinski definition) is 0. The summed E-state index contributed by atoms with van der Waals surface area (Å²) in [5.74, 6) is -0.00688. The number of rotatable bonds is 3. The summed E-state index contributed by atoms with van der Waals surface area (Å²) < 4.78 is 6.90. The Morgan fingerprint density at radius 2 is 2.19 bits per heavy atom. The van der Waals surface area contributed by atoms with Crippen molar-refractivity contribution in [2.75, 3.05) is 20.2 Å². The van der Waals surface area contributed by atoms with Crippen LogP contribution in [0, 0.1) is 12.8 Å². The summed E-state index contributed by atoms with van der Waals surface area (Å²) in [6.45, 7) is 4.77. The minimum Gasteiger partial charge on any atom is -0.469 e. The van der Waals surface area contributed by atoms with Gasteiger partial charge in [0.05, 0.1) is 18.7 Å². The maximum absolute atomic E-state index is 11.5. The van der Waals surface area contributed by atoms with E-state index in [1.807, 2.05) is 12.3 Å². The third-order valence-corrected chi connectivity index (χ3v) is 4.24. The van der Waals surface area contributed by atoms with Gasteiger partial charge in [0, 0.05) is 18.9 Å². The number of piperidine rings is 1. The van der Waals surface area contributed by atoms with Gasteiger partial charge in [-0.15, -0.1) is 0 Å². The van der Waals surface area contributed by atoms with Crippen molar-refractivity contribution in [1.29, 1.82) is 0 Å². The van der Waals surface area contributed by atoms with Gasteiger partial charge in [0.2, 0.25) is 0 Å². The number of likely N-dealkylation sites (tertiary alicyclic amines) is 1. The molecule has 5 nitrogen and oxygen atoms in total. The second kappa shape index (κ2) is 5.85. The summed E-state index contributed by atoms with van der Waals surface area (Å²) in [4.78, 5) is 18.6. The molecule has 3 rings (SSSR count). The number of methoxy groups -OCH3 is 1. The lowest BCUT2D eigenvalue weighted by molar-refractivity contribution is -0.147. The lowest BCUT2D eigenvalue weighted by Gasteiger charge is -2.29. The predicted octanol–water partition coefficient (Wildman–Crippen LogP) is 2.03. The zero-order valence-corrected chi connectivity index (χ0v) is 12.6. The monoisotopic (exact) mass is 287 g/mol. The molecule has 2 aromatic rings. The number of aryl methyl sites for hydroxylation is 1. The molecule has 2 aromatic heterocycles. The number of carbonyl (C=O) groups is 1. The van der Waals surface area contributed by atoms with E-state index >= 15 is 0 Å². The highest BCUT2D eigenvalue weighted by Gasteiger charge is 2.25. The van der Waals surface area contributed by atoms with E-state index in [0.717, 1.165) is 43.8 Å². The van der Waals surface area contributed by atoms with Crippen LogP contribution in [0.2, 0.25) is 0 Å². The van der Waals surface area contributed by atoms with E-state index in [0.29, 0.717) is 0 Å². The molecule has 1 fully saturated rings. The fourth-order valence-corrected chi connectivity index (χ4v) is 3.00. The van der Waals surface area contributed by atoms with Gasteiger partial charge in [-0.1, -0.05) is 6.07 Å². The maximum Gasteiger partial charge on any atom is 0.308 e. The number of aromatic nitrogens is 2. The molecule has 5 heteroatoms. The minimum atomic E-state index is -0.0713. The van der Waals surface area contributed by atoms with Crippen molar-refractivity contribution in [1.82, 2.24) is 14.3 Å². The van der Waals surface area contributed by atoms with Crippen molar-refractivity contribution in [2.24, 2.45) is 5.92 Å². The Hall–Kier alpha value is -1.88. The molecule has 21 heavy (non-hydrogen) atoms. The second-order valence-corrected chi connectivity index (χ2v) is 5.73. The molecule has 0 spiro atoms. The third kappa shape index (κ3) is 2.93. The van der Waals surface area contributed by atoms with E-state index in [9.17, 15) is 4.79 Å². The summed E-state index contributed by atoms with van der Waals surface area (Å²) >= 11 is 0. The van der Waals surface area contributed by atoms with Crippen LogP contribution < -0.4 is 0 Å². The van der Waals surface area contributed by atoms with Gasteiger partial charge < -0.3 is 9.14 Å². The summed E-state index contributed by atoms with van der Waals surface area (Å²) in [5, 5.41) is 0. The number of ether oxygens (including phenoxy) is 1. The number of pyridine rings is 1. The first-order valence-corrected chi connectivity index (χ1v) is 7.41. The molecule has 0 unspecified atom stereocenters. The molecule has 0 saturated carbocycles. The second-order valence-electron chi connectivity index (χ2n) is 5.73. The van der Waals surface area contributed by atoms with Crippen molar-refractivity contribution >= 4 is 11.6 Å². The van der Waals surface area contributed by atoms with E-state index in [1.165, 1.54) is 12.7 Å². The largest absolute Gasteiger partial charge is 0.469 e. The molecule has 1 saturated heterocycles. The Bertz CT molecular complexity index is 642. The molecule has 3 heterocycles. The van der Waals surface area contributed by atoms with Crippen LogP contribution in [0.5, 0.6) is 0 Å². The Morgan fingerprint density at radius 1 is 1.43 bits per heavy atom. The molecule has 1 aliphatic heterocycles. The van der Waals surface area contributed by atoms with Gasteiger partial charge in [0.15, 0.2) is 0 Å². The Kier molecular flexibility index (Phi) is 3.92. The summed E-state index contributed by atoms with van der Waals surface area (Å²) in [6.07, 6.45) is 5.87. The molecule has 112 valence electrons. The topological polar surface area (TPSA) is 46.8 Å². The maximum atomic E-state index is 11.5. The standard InChI is InChI=1S/C16H21N3O2/c1-12-4-3-7-19-11-14(17-15(12)19)10-18-8-5-13(6-9-18)16(20)21-2/h3-4,7,11,13H,5-6,8-10H2,1-2H3. The molecule has 0 aromatic carbocycles. The predicted molar refractivity (Wildman–Crippen MR) is 79.9 cm³/mol. The van der Waals surface area contributed by atoms with Crippen molar-refractivity contribution < 1.29 is 9.53 Å². The molecule has 1 aliphatic rings. The fourth-order valence-electron chi connectivity index (χ4n) is 3.00. The molecule has 0 amide bonds. The lowest BCUT2D eigenvalue weighted by Crippen LogP contribution is -2.36. The zero-order valence-electron chi connectivity index (χ0n) is 12.6. The van der Waals surface area contributed by atoms with Crippen LogP contribution in [0.4, 0.5) is 0 Å². The van der Waals surface area contributed by atoms with Crippen molar-refractivity contribution in [3.63, 3.8) is 0 Å². The highest BCUT2D eigenvalue weighted by Crippen LogP contribution is 2.20. The van der Waals surface area contributed by atoms with Crippen LogP contribution in [0.25, 0.3) is 5.65 Å². The molecule has 0 atom stereocenters.